The Morgan fingerprint density at radius 3 is 2.61 bits per heavy atom. The molecular weight excluding hydrogens is 234 g/mol. The lowest BCUT2D eigenvalue weighted by atomic mass is 10.3. The first-order chi connectivity index (χ1) is 8.53. The Morgan fingerprint density at radius 2 is 2.17 bits per heavy atom. The summed E-state index contributed by atoms with van der Waals surface area (Å²) in [4.78, 5) is 24.9. The van der Waals surface area contributed by atoms with Gasteiger partial charge in [-0.3, -0.25) is 14.3 Å². The van der Waals surface area contributed by atoms with Crippen LogP contribution in [0.3, 0.4) is 0 Å². The van der Waals surface area contributed by atoms with Crippen molar-refractivity contribution >= 4 is 17.5 Å². The molecule has 0 saturated heterocycles. The lowest BCUT2D eigenvalue weighted by Crippen LogP contribution is -2.39. The van der Waals surface area contributed by atoms with Crippen LogP contribution in [0.4, 0.5) is 5.69 Å². The van der Waals surface area contributed by atoms with E-state index in [2.05, 4.69) is 10.4 Å². The van der Waals surface area contributed by atoms with Gasteiger partial charge in [0.05, 0.1) is 12.2 Å². The predicted molar refractivity (Wildman–Crippen MR) is 68.0 cm³/mol. The second kappa shape index (κ2) is 6.04. The zero-order valence-electron chi connectivity index (χ0n) is 10.9. The van der Waals surface area contributed by atoms with Crippen LogP contribution in [0, 0.1) is 0 Å². The maximum atomic E-state index is 12.2. The van der Waals surface area contributed by atoms with E-state index in [9.17, 15) is 9.59 Å². The zero-order valence-corrected chi connectivity index (χ0v) is 10.9. The van der Waals surface area contributed by atoms with Crippen molar-refractivity contribution in [2.75, 3.05) is 25.9 Å². The van der Waals surface area contributed by atoms with Crippen LogP contribution in [0.5, 0.6) is 0 Å². The molecule has 0 spiro atoms. The highest BCUT2D eigenvalue weighted by atomic mass is 16.2. The quantitative estimate of drug-likeness (QED) is 0.753. The van der Waals surface area contributed by atoms with Crippen LogP contribution in [-0.2, 0) is 11.3 Å². The van der Waals surface area contributed by atoms with E-state index in [0.29, 0.717) is 18.8 Å². The summed E-state index contributed by atoms with van der Waals surface area (Å²) in [5, 5.41) is 6.58. The van der Waals surface area contributed by atoms with Gasteiger partial charge >= 0.3 is 0 Å². The van der Waals surface area contributed by atoms with Crippen LogP contribution >= 0.6 is 0 Å². The molecule has 1 rings (SSSR count). The molecule has 1 heterocycles. The van der Waals surface area contributed by atoms with Crippen LogP contribution in [0.15, 0.2) is 6.20 Å². The van der Waals surface area contributed by atoms with Crippen LogP contribution in [-0.4, -0.2) is 46.6 Å². The van der Waals surface area contributed by atoms with E-state index in [1.807, 2.05) is 6.92 Å². The molecule has 0 aliphatic heterocycles. The molecule has 0 aromatic carbocycles. The van der Waals surface area contributed by atoms with Crippen LogP contribution in [0.1, 0.15) is 24.3 Å². The number of hydrogen-bond donors (Lipinski definition) is 2. The summed E-state index contributed by atoms with van der Waals surface area (Å²) in [7, 11) is 1.53. The van der Waals surface area contributed by atoms with Gasteiger partial charge in [-0.05, 0) is 13.8 Å². The molecule has 0 unspecified atom stereocenters. The van der Waals surface area contributed by atoms with Gasteiger partial charge in [0.15, 0.2) is 5.69 Å². The molecule has 18 heavy (non-hydrogen) atoms. The minimum Gasteiger partial charge on any atom is -0.396 e. The summed E-state index contributed by atoms with van der Waals surface area (Å²) in [6.07, 6.45) is 1.61. The van der Waals surface area contributed by atoms with Gasteiger partial charge in [-0.25, -0.2) is 0 Å². The number of aromatic nitrogens is 2. The maximum absolute atomic E-state index is 12.2. The van der Waals surface area contributed by atoms with Gasteiger partial charge in [0.25, 0.3) is 5.91 Å². The first-order valence-corrected chi connectivity index (χ1v) is 5.86. The molecular formula is C11H19N5O2. The molecule has 0 saturated carbocycles. The number of amides is 2. The molecule has 0 atom stereocenters. The monoisotopic (exact) mass is 253 g/mol. The molecule has 1 aromatic heterocycles. The van der Waals surface area contributed by atoms with Crippen LogP contribution < -0.4 is 11.1 Å². The lowest BCUT2D eigenvalue weighted by molar-refractivity contribution is -0.121. The van der Waals surface area contributed by atoms with Crippen molar-refractivity contribution in [3.05, 3.63) is 11.9 Å². The molecule has 3 N–H and O–H groups in total. The number of carbonyl (C=O) groups excluding carboxylic acids is 2. The maximum Gasteiger partial charge on any atom is 0.276 e. The fraction of sp³-hybridized carbons (Fsp3) is 0.545. The third-order valence-corrected chi connectivity index (χ3v) is 2.60. The van der Waals surface area contributed by atoms with Crippen molar-refractivity contribution in [1.29, 1.82) is 0 Å². The number of likely N-dealkylation sites (N-methyl/N-ethyl adjacent to an activating group) is 2. The Kier molecular flexibility index (Phi) is 4.70. The summed E-state index contributed by atoms with van der Waals surface area (Å²) in [5.74, 6) is -0.551. The van der Waals surface area contributed by atoms with E-state index in [1.165, 1.54) is 11.9 Å². The van der Waals surface area contributed by atoms with Gasteiger partial charge in [-0.15, -0.1) is 0 Å². The summed E-state index contributed by atoms with van der Waals surface area (Å²) in [5.41, 5.74) is 6.27. The van der Waals surface area contributed by atoms with Crippen molar-refractivity contribution in [2.45, 2.75) is 20.4 Å². The average molecular weight is 253 g/mol. The minimum absolute atomic E-state index is 0.00422. The van der Waals surface area contributed by atoms with Crippen molar-refractivity contribution in [3.63, 3.8) is 0 Å². The average Bonchev–Trinajstić information content (AvgIpc) is 2.76. The number of nitrogen functional groups attached to an aromatic ring is 1. The van der Waals surface area contributed by atoms with Gasteiger partial charge in [0.1, 0.15) is 0 Å². The highest BCUT2D eigenvalue weighted by Gasteiger charge is 2.21. The fourth-order valence-electron chi connectivity index (χ4n) is 1.49. The Hall–Kier alpha value is -2.05. The number of nitrogens with zero attached hydrogens (tertiary/aromatic N) is 3. The van der Waals surface area contributed by atoms with Gasteiger partial charge in [0.2, 0.25) is 5.91 Å². The summed E-state index contributed by atoms with van der Waals surface area (Å²) < 4.78 is 1.59. The fourth-order valence-corrected chi connectivity index (χ4v) is 1.49. The van der Waals surface area contributed by atoms with E-state index >= 15 is 0 Å². The van der Waals surface area contributed by atoms with Gasteiger partial charge in [-0.2, -0.15) is 5.10 Å². The summed E-state index contributed by atoms with van der Waals surface area (Å²) >= 11 is 0. The topological polar surface area (TPSA) is 93.2 Å². The number of hydrogen-bond acceptors (Lipinski definition) is 4. The Bertz CT molecular complexity index is 441. The molecule has 100 valence electrons. The Morgan fingerprint density at radius 1 is 1.50 bits per heavy atom. The smallest absolute Gasteiger partial charge is 0.276 e. The van der Waals surface area contributed by atoms with Crippen molar-refractivity contribution in [2.24, 2.45) is 0 Å². The van der Waals surface area contributed by atoms with Crippen molar-refractivity contribution < 1.29 is 9.59 Å². The minimum atomic E-state index is -0.328. The van der Waals surface area contributed by atoms with Gasteiger partial charge < -0.3 is 16.0 Å². The van der Waals surface area contributed by atoms with E-state index in [-0.39, 0.29) is 24.1 Å². The van der Waals surface area contributed by atoms with Crippen molar-refractivity contribution in [1.82, 2.24) is 20.0 Å². The molecule has 0 aliphatic rings. The summed E-state index contributed by atoms with van der Waals surface area (Å²) in [6.45, 7) is 4.77. The number of carbonyl (C=O) groups is 2. The molecule has 7 nitrogen and oxygen atoms in total. The van der Waals surface area contributed by atoms with Crippen LogP contribution in [0.25, 0.3) is 0 Å². The molecule has 0 aliphatic carbocycles. The second-order valence-corrected chi connectivity index (χ2v) is 3.78. The molecule has 1 aromatic rings. The van der Waals surface area contributed by atoms with E-state index < -0.39 is 0 Å². The molecule has 7 heteroatoms. The number of rotatable bonds is 5. The Balaban J connectivity index is 2.89. The first-order valence-electron chi connectivity index (χ1n) is 5.86. The second-order valence-electron chi connectivity index (χ2n) is 3.78. The number of aryl methyl sites for hydroxylation is 1. The van der Waals surface area contributed by atoms with Gasteiger partial charge in [0, 0.05) is 26.3 Å². The van der Waals surface area contributed by atoms with E-state index in [0.717, 1.165) is 0 Å². The summed E-state index contributed by atoms with van der Waals surface area (Å²) in [6, 6.07) is 0. The Labute approximate surface area is 106 Å². The molecule has 0 radical (unpaired) electrons. The third-order valence-electron chi connectivity index (χ3n) is 2.60. The van der Waals surface area contributed by atoms with Crippen LogP contribution in [0.2, 0.25) is 0 Å². The van der Waals surface area contributed by atoms with E-state index in [4.69, 9.17) is 5.73 Å². The standard InChI is InChI=1S/C11H19N5O2/c1-4-15(7-9(17)13-3)11(18)10-8(12)6-16(5-2)14-10/h6H,4-5,7,12H2,1-3H3,(H,13,17). The number of anilines is 1. The molecule has 0 bridgehead atoms. The molecule has 0 fully saturated rings. The highest BCUT2D eigenvalue weighted by molar-refractivity contribution is 5.98. The molecule has 2 amide bonds. The van der Waals surface area contributed by atoms with E-state index in [1.54, 1.807) is 17.8 Å². The normalized spacial score (nSPS) is 10.2. The third kappa shape index (κ3) is 2.99. The lowest BCUT2D eigenvalue weighted by Gasteiger charge is -2.18. The number of nitrogens with two attached hydrogens (primary N) is 1. The SMILES string of the molecule is CCN(CC(=O)NC)C(=O)c1nn(CC)cc1N. The zero-order chi connectivity index (χ0) is 13.7. The van der Waals surface area contributed by atoms with Crippen molar-refractivity contribution in [3.8, 4) is 0 Å². The van der Waals surface area contributed by atoms with Gasteiger partial charge in [-0.1, -0.05) is 0 Å². The first kappa shape index (κ1) is 14.0. The largest absolute Gasteiger partial charge is 0.396 e. The predicted octanol–water partition coefficient (Wildman–Crippen LogP) is -0.307. The number of nitrogens with one attached hydrogen (secondary N) is 1. The highest BCUT2D eigenvalue weighted by Crippen LogP contribution is 2.12.